The van der Waals surface area contributed by atoms with E-state index in [1.807, 2.05) is 48.5 Å². The molecule has 0 saturated carbocycles. The summed E-state index contributed by atoms with van der Waals surface area (Å²) in [5, 5.41) is 7.14. The Bertz CT molecular complexity index is 3890. The highest BCUT2D eigenvalue weighted by Crippen LogP contribution is 2.44. The van der Waals surface area contributed by atoms with Gasteiger partial charge in [-0.3, -0.25) is 38.4 Å². The molecule has 4 aliphatic heterocycles. The highest BCUT2D eigenvalue weighted by molar-refractivity contribution is 7.59. The van der Waals surface area contributed by atoms with Crippen LogP contribution in [0.15, 0.2) is 146 Å². The Hall–Kier alpha value is -6.98. The van der Waals surface area contributed by atoms with Crippen LogP contribution < -0.4 is 20.4 Å². The van der Waals surface area contributed by atoms with E-state index in [1.165, 1.54) is 72.1 Å². The van der Waals surface area contributed by atoms with Crippen LogP contribution in [0.2, 0.25) is 20.1 Å². The average molecular weight is 1660 g/mol. The molecule has 0 aromatic heterocycles. The van der Waals surface area contributed by atoms with Crippen molar-refractivity contribution < 1.29 is 64.7 Å². The van der Waals surface area contributed by atoms with Crippen LogP contribution >= 0.6 is 98.2 Å². The lowest BCUT2D eigenvalue weighted by molar-refractivity contribution is -0.164. The van der Waals surface area contributed by atoms with E-state index in [1.54, 1.807) is 86.6 Å². The van der Waals surface area contributed by atoms with E-state index in [0.717, 1.165) is 32.1 Å². The van der Waals surface area contributed by atoms with Gasteiger partial charge in [0.25, 0.3) is 0 Å². The molecule has 4 aliphatic rings. The third kappa shape index (κ3) is 21.4. The zero-order valence-electron chi connectivity index (χ0n) is 60.4. The van der Waals surface area contributed by atoms with Crippen LogP contribution in [-0.4, -0.2) is 183 Å². The molecule has 4 heterocycles. The molecule has 108 heavy (non-hydrogen) atoms. The third-order valence-corrected chi connectivity index (χ3v) is 22.1. The fraction of sp³-hybridized carbons (Fsp3) is 0.421. The van der Waals surface area contributed by atoms with E-state index >= 15 is 0 Å². The second-order valence-electron chi connectivity index (χ2n) is 27.0. The van der Waals surface area contributed by atoms with Crippen molar-refractivity contribution in [3.8, 4) is 0 Å². The molecule has 2 N–H and O–H groups in total. The average Bonchev–Trinajstić information content (AvgIpc) is 0.770. The normalized spacial score (nSPS) is 16.1. The van der Waals surface area contributed by atoms with Crippen molar-refractivity contribution >= 4 is 157 Å². The molecule has 2 atom stereocenters. The van der Waals surface area contributed by atoms with Gasteiger partial charge in [-0.05, 0) is 134 Å². The van der Waals surface area contributed by atoms with Gasteiger partial charge in [0.1, 0.15) is 12.8 Å². The van der Waals surface area contributed by atoms with Crippen molar-refractivity contribution in [3.05, 3.63) is 199 Å². The standard InChI is InChI=1S/2C38H42Cl2F3N5O4.2ClH.2H2S/c2*1-4-48(28-11-6-5-7-12-28)35(52)34(51)46(3)37(27-14-15-30(39)31(40)23-27,25-45(2)33(50)24-38(41,42)43)18-21-47-19-16-36(17-20-47)29-13-9-8-10-26(29)22-32(49)44-36;;;;/h2*5-15,23H,4,16-22,24-25H2,1-3H3,(H,44,49);2*1H;2*1H2/t2*37-;;;;/m11..../s1. The molecule has 6 aromatic rings. The van der Waals surface area contributed by atoms with Crippen molar-refractivity contribution in [1.82, 2.24) is 40.0 Å². The summed E-state index contributed by atoms with van der Waals surface area (Å²) in [6.45, 7) is 5.92. The van der Waals surface area contributed by atoms with Crippen LogP contribution in [0.1, 0.15) is 98.6 Å². The number of nitrogens with zero attached hydrogens (tertiary/aromatic N) is 8. The number of para-hydroxylation sites is 2. The van der Waals surface area contributed by atoms with Gasteiger partial charge in [0.2, 0.25) is 23.6 Å². The van der Waals surface area contributed by atoms with Crippen LogP contribution in [0.25, 0.3) is 0 Å². The first-order valence-corrected chi connectivity index (χ1v) is 35.7. The maximum Gasteiger partial charge on any atom is 0.397 e. The lowest BCUT2D eigenvalue weighted by Crippen LogP contribution is -2.59. The van der Waals surface area contributed by atoms with Crippen LogP contribution in [0.5, 0.6) is 0 Å². The lowest BCUT2D eigenvalue weighted by atomic mass is 9.75. The Kier molecular flexibility index (Phi) is 32.9. The molecule has 10 rings (SSSR count). The number of fused-ring (bicyclic) bond motifs is 4. The van der Waals surface area contributed by atoms with E-state index in [4.69, 9.17) is 46.4 Å². The lowest BCUT2D eigenvalue weighted by Gasteiger charge is -2.48. The van der Waals surface area contributed by atoms with E-state index < -0.39 is 82.8 Å². The van der Waals surface area contributed by atoms with Crippen molar-refractivity contribution in [2.75, 3.05) is 103 Å². The molecule has 0 bridgehead atoms. The molecule has 588 valence electrons. The molecular weight excluding hydrogens is 1570 g/mol. The minimum atomic E-state index is -4.76. The van der Waals surface area contributed by atoms with Crippen LogP contribution in [-0.2, 0) is 73.4 Å². The number of alkyl halides is 6. The van der Waals surface area contributed by atoms with Gasteiger partial charge >= 0.3 is 36.0 Å². The Morgan fingerprint density at radius 1 is 0.454 bits per heavy atom. The summed E-state index contributed by atoms with van der Waals surface area (Å²) in [5.41, 5.74) is 1.80. The number of nitrogens with one attached hydrogen (secondary N) is 2. The first-order valence-electron chi connectivity index (χ1n) is 34.2. The summed E-state index contributed by atoms with van der Waals surface area (Å²) in [5.74, 6) is -6.03. The number of likely N-dealkylation sites (N-methyl/N-ethyl adjacent to an activating group) is 6. The first kappa shape index (κ1) is 91.6. The van der Waals surface area contributed by atoms with Crippen molar-refractivity contribution in [2.45, 2.75) is 113 Å². The quantitative estimate of drug-likeness (QED) is 0.0550. The number of likely N-dealkylation sites (tertiary alicyclic amines) is 2. The fourth-order valence-corrected chi connectivity index (χ4v) is 15.5. The SMILES string of the molecule is CCN(C(=O)C(=O)N(C)[C@](CCN1CCC2(CC1)NC(=O)Cc1ccccc12)(CN(C)C(=O)CC(F)(F)F)c1ccc(Cl)c(Cl)c1)c1ccccc1.CCN(C(=O)C(=O)N(C)[C@](CCN1CCC2(CC1)NC(=O)Cc1ccccc12)(CN(C)C(=O)CC(F)(F)F)c1ccc(Cl)c(Cl)c1)c1ccccc1.Cl.Cl.S.S. The first-order chi connectivity index (χ1) is 49.2. The molecule has 6 aromatic carbocycles. The topological polar surface area (TPSA) is 187 Å². The molecule has 0 aliphatic carbocycles. The fourth-order valence-electron chi connectivity index (χ4n) is 14.9. The van der Waals surface area contributed by atoms with E-state index in [9.17, 15) is 64.7 Å². The number of rotatable bonds is 20. The number of piperidine rings is 2. The molecule has 32 heteroatoms. The predicted octanol–water partition coefficient (Wildman–Crippen LogP) is 13.4. The number of carbonyl (C=O) groups is 8. The van der Waals surface area contributed by atoms with Gasteiger partial charge in [0, 0.05) is 105 Å². The second kappa shape index (κ2) is 38.8. The minimum absolute atomic E-state index is 0. The van der Waals surface area contributed by atoms with Gasteiger partial charge in [0.05, 0.1) is 55.1 Å². The van der Waals surface area contributed by atoms with Crippen LogP contribution in [0.4, 0.5) is 37.7 Å². The zero-order valence-corrected chi connectivity index (χ0v) is 67.1. The smallest absolute Gasteiger partial charge is 0.346 e. The van der Waals surface area contributed by atoms with Crippen LogP contribution in [0.3, 0.4) is 0 Å². The number of carbonyl (C=O) groups excluding carboxylic acids is 8. The molecular formula is C76H90Cl6F6N10O8S2. The van der Waals surface area contributed by atoms with E-state index in [-0.39, 0.29) is 123 Å². The number of hydrogen-bond acceptors (Lipinski definition) is 10. The summed E-state index contributed by atoms with van der Waals surface area (Å²) < 4.78 is 80.6. The summed E-state index contributed by atoms with van der Waals surface area (Å²) in [6.07, 6.45) is -9.65. The molecule has 8 amide bonds. The van der Waals surface area contributed by atoms with Gasteiger partial charge < -0.3 is 49.8 Å². The second-order valence-corrected chi connectivity index (χ2v) is 28.6. The number of hydrogen-bond donors (Lipinski definition) is 2. The zero-order chi connectivity index (χ0) is 75.7. The Morgan fingerprint density at radius 3 is 1.07 bits per heavy atom. The Morgan fingerprint density at radius 2 is 0.769 bits per heavy atom. The van der Waals surface area contributed by atoms with Crippen LogP contribution in [0, 0.1) is 0 Å². The molecule has 18 nitrogen and oxygen atoms in total. The van der Waals surface area contributed by atoms with Gasteiger partial charge in [-0.25, -0.2) is 0 Å². The summed E-state index contributed by atoms with van der Waals surface area (Å²) in [7, 11) is 5.33. The van der Waals surface area contributed by atoms with E-state index in [0.29, 0.717) is 100 Å². The van der Waals surface area contributed by atoms with E-state index in [2.05, 4.69) is 20.4 Å². The molecule has 2 spiro atoms. The Labute approximate surface area is 672 Å². The number of anilines is 2. The molecule has 0 radical (unpaired) electrons. The van der Waals surface area contributed by atoms with Gasteiger partial charge in [0.15, 0.2) is 0 Å². The molecule has 2 fully saturated rings. The third-order valence-electron chi connectivity index (χ3n) is 20.6. The Balaban J connectivity index is 0.000000373. The van der Waals surface area contributed by atoms with Crippen molar-refractivity contribution in [3.63, 3.8) is 0 Å². The largest absolute Gasteiger partial charge is 0.397 e. The summed E-state index contributed by atoms with van der Waals surface area (Å²) >= 11 is 25.6. The van der Waals surface area contributed by atoms with Gasteiger partial charge in [-0.2, -0.15) is 53.3 Å². The predicted molar refractivity (Wildman–Crippen MR) is 423 cm³/mol. The number of amides is 8. The molecule has 0 unspecified atom stereocenters. The summed E-state index contributed by atoms with van der Waals surface area (Å²) in [4.78, 5) is 119. The minimum Gasteiger partial charge on any atom is -0.346 e. The van der Waals surface area contributed by atoms with Gasteiger partial charge in [-0.1, -0.05) is 143 Å². The monoisotopic (exact) mass is 1660 g/mol. The van der Waals surface area contributed by atoms with Crippen molar-refractivity contribution in [1.29, 1.82) is 0 Å². The number of halogens is 12. The number of benzene rings is 6. The maximum atomic E-state index is 14.3. The highest BCUT2D eigenvalue weighted by Gasteiger charge is 2.50. The van der Waals surface area contributed by atoms with Gasteiger partial charge in [-0.15, -0.1) is 24.8 Å². The maximum absolute atomic E-state index is 14.3. The summed E-state index contributed by atoms with van der Waals surface area (Å²) in [6, 6.07) is 42.4. The van der Waals surface area contributed by atoms with Crippen molar-refractivity contribution in [2.24, 2.45) is 0 Å². The molecule has 2 saturated heterocycles. The highest BCUT2D eigenvalue weighted by atomic mass is 35.5.